The topological polar surface area (TPSA) is 72.9 Å². The van der Waals surface area contributed by atoms with Crippen LogP contribution in [0.25, 0.3) is 0 Å². The Balaban J connectivity index is 1.91. The lowest BCUT2D eigenvalue weighted by atomic mass is 10.3. The van der Waals surface area contributed by atoms with Crippen molar-refractivity contribution in [1.82, 2.24) is 9.80 Å². The fourth-order valence-corrected chi connectivity index (χ4v) is 2.80. The molecule has 0 saturated carbocycles. The van der Waals surface area contributed by atoms with E-state index in [2.05, 4.69) is 27.9 Å². The highest BCUT2D eigenvalue weighted by atomic mass is 127. The molecule has 2 rings (SSSR count). The molecule has 1 aromatic rings. The molecule has 1 fully saturated rings. The minimum absolute atomic E-state index is 0.0338. The highest BCUT2D eigenvalue weighted by molar-refractivity contribution is 14.1. The van der Waals surface area contributed by atoms with Gasteiger partial charge in [0.25, 0.3) is 0 Å². The fourth-order valence-electron chi connectivity index (χ4n) is 2.28. The van der Waals surface area contributed by atoms with Gasteiger partial charge in [-0.1, -0.05) is 12.1 Å². The molecule has 0 spiro atoms. The molecular weight excluding hydrogens is 385 g/mol. The number of aliphatic carboxylic acids is 1. The Kier molecular flexibility index (Phi) is 5.80. The third-order valence-electron chi connectivity index (χ3n) is 3.35. The maximum atomic E-state index is 12.3. The fraction of sp³-hybridized carbons (Fsp3) is 0.429. The zero-order chi connectivity index (χ0) is 15.2. The smallest absolute Gasteiger partial charge is 0.321 e. The summed E-state index contributed by atoms with van der Waals surface area (Å²) in [6.45, 7) is 2.52. The van der Waals surface area contributed by atoms with Gasteiger partial charge in [-0.15, -0.1) is 0 Å². The number of hydrogen-bond donors (Lipinski definition) is 2. The number of nitrogens with zero attached hydrogens (tertiary/aromatic N) is 2. The molecule has 6 nitrogen and oxygen atoms in total. The number of amides is 2. The number of carbonyl (C=O) groups excluding carboxylic acids is 1. The molecule has 1 saturated heterocycles. The van der Waals surface area contributed by atoms with Crippen molar-refractivity contribution >= 4 is 40.3 Å². The molecule has 0 radical (unpaired) electrons. The molecule has 1 heterocycles. The van der Waals surface area contributed by atoms with Crippen molar-refractivity contribution < 1.29 is 14.7 Å². The summed E-state index contributed by atoms with van der Waals surface area (Å²) in [5, 5.41) is 11.7. The van der Waals surface area contributed by atoms with Crippen LogP contribution in [0.1, 0.15) is 6.42 Å². The van der Waals surface area contributed by atoms with Crippen LogP contribution in [0.2, 0.25) is 0 Å². The van der Waals surface area contributed by atoms with Crippen molar-refractivity contribution in [3.8, 4) is 0 Å². The van der Waals surface area contributed by atoms with Crippen molar-refractivity contribution in [2.24, 2.45) is 0 Å². The molecule has 0 unspecified atom stereocenters. The quantitative estimate of drug-likeness (QED) is 0.757. The molecule has 7 heteroatoms. The summed E-state index contributed by atoms with van der Waals surface area (Å²) in [5.74, 6) is -0.827. The van der Waals surface area contributed by atoms with E-state index in [9.17, 15) is 9.59 Å². The first-order valence-corrected chi connectivity index (χ1v) is 7.89. The lowest BCUT2D eigenvalue weighted by Crippen LogP contribution is -2.39. The third-order valence-corrected chi connectivity index (χ3v) is 4.29. The second kappa shape index (κ2) is 7.60. The highest BCUT2D eigenvalue weighted by Gasteiger charge is 2.20. The monoisotopic (exact) mass is 403 g/mol. The van der Waals surface area contributed by atoms with Gasteiger partial charge < -0.3 is 15.3 Å². The maximum absolute atomic E-state index is 12.3. The van der Waals surface area contributed by atoms with E-state index >= 15 is 0 Å². The summed E-state index contributed by atoms with van der Waals surface area (Å²) in [5.41, 5.74) is 0.801. The van der Waals surface area contributed by atoms with Crippen molar-refractivity contribution in [1.29, 1.82) is 0 Å². The summed E-state index contributed by atoms with van der Waals surface area (Å²) in [6, 6.07) is 7.49. The zero-order valence-electron chi connectivity index (χ0n) is 11.6. The maximum Gasteiger partial charge on any atom is 0.321 e. The van der Waals surface area contributed by atoms with Gasteiger partial charge >= 0.3 is 12.0 Å². The van der Waals surface area contributed by atoms with E-state index in [4.69, 9.17) is 5.11 Å². The second-order valence-corrected chi connectivity index (χ2v) is 6.08. The number of carbonyl (C=O) groups is 2. The van der Waals surface area contributed by atoms with Crippen molar-refractivity contribution in [3.05, 3.63) is 27.8 Å². The first-order valence-electron chi connectivity index (χ1n) is 6.81. The number of halogens is 1. The Morgan fingerprint density at radius 3 is 2.67 bits per heavy atom. The zero-order valence-corrected chi connectivity index (χ0v) is 13.7. The number of carboxylic acid groups (broad SMARTS) is 1. The summed E-state index contributed by atoms with van der Waals surface area (Å²) in [4.78, 5) is 26.6. The van der Waals surface area contributed by atoms with Crippen LogP contribution in [0.3, 0.4) is 0 Å². The third kappa shape index (κ3) is 4.85. The van der Waals surface area contributed by atoms with Crippen LogP contribution in [0, 0.1) is 3.57 Å². The number of nitrogens with one attached hydrogen (secondary N) is 1. The van der Waals surface area contributed by atoms with Crippen molar-refractivity contribution in [3.63, 3.8) is 0 Å². The van der Waals surface area contributed by atoms with Crippen LogP contribution < -0.4 is 5.32 Å². The van der Waals surface area contributed by atoms with E-state index in [0.29, 0.717) is 26.2 Å². The van der Waals surface area contributed by atoms with E-state index in [-0.39, 0.29) is 12.6 Å². The van der Waals surface area contributed by atoms with Gasteiger partial charge in [-0.2, -0.15) is 0 Å². The highest BCUT2D eigenvalue weighted by Crippen LogP contribution is 2.17. The Morgan fingerprint density at radius 2 is 1.95 bits per heavy atom. The Labute approximate surface area is 137 Å². The average molecular weight is 403 g/mol. The number of rotatable bonds is 3. The van der Waals surface area contributed by atoms with Gasteiger partial charge in [-0.25, -0.2) is 4.79 Å². The number of urea groups is 1. The van der Waals surface area contributed by atoms with E-state index in [1.54, 1.807) is 4.90 Å². The molecule has 0 atom stereocenters. The normalized spacial score (nSPS) is 16.3. The van der Waals surface area contributed by atoms with Crippen molar-refractivity contribution in [2.45, 2.75) is 6.42 Å². The number of hydrogen-bond acceptors (Lipinski definition) is 3. The van der Waals surface area contributed by atoms with Crippen LogP contribution in [-0.2, 0) is 4.79 Å². The van der Waals surface area contributed by atoms with Gasteiger partial charge in [-0.05, 0) is 41.1 Å². The van der Waals surface area contributed by atoms with Crippen LogP contribution in [0.15, 0.2) is 24.3 Å². The van der Waals surface area contributed by atoms with Gasteiger partial charge in [0.05, 0.1) is 12.2 Å². The van der Waals surface area contributed by atoms with E-state index in [1.807, 2.05) is 29.2 Å². The van der Waals surface area contributed by atoms with Gasteiger partial charge in [0.15, 0.2) is 0 Å². The summed E-state index contributed by atoms with van der Waals surface area (Å²) in [7, 11) is 0. The van der Waals surface area contributed by atoms with Gasteiger partial charge in [0.2, 0.25) is 0 Å². The first kappa shape index (κ1) is 16.0. The minimum atomic E-state index is -0.827. The second-order valence-electron chi connectivity index (χ2n) is 4.92. The van der Waals surface area contributed by atoms with E-state index < -0.39 is 5.97 Å². The number of para-hydroxylation sites is 1. The standard InChI is InChI=1S/C14H18IN3O3/c15-11-4-1-2-5-12(11)16-14(21)18-7-3-6-17(8-9-18)10-13(19)20/h1-2,4-5H,3,6-10H2,(H,16,21)(H,19,20). The summed E-state index contributed by atoms with van der Waals surface area (Å²) in [6.07, 6.45) is 0.784. The van der Waals surface area contributed by atoms with Gasteiger partial charge in [-0.3, -0.25) is 9.69 Å². The summed E-state index contributed by atoms with van der Waals surface area (Å²) < 4.78 is 0.991. The van der Waals surface area contributed by atoms with Crippen LogP contribution in [0.5, 0.6) is 0 Å². The lowest BCUT2D eigenvalue weighted by Gasteiger charge is -2.22. The number of anilines is 1. The largest absolute Gasteiger partial charge is 0.480 e. The van der Waals surface area contributed by atoms with E-state index in [0.717, 1.165) is 15.7 Å². The lowest BCUT2D eigenvalue weighted by molar-refractivity contribution is -0.138. The molecule has 2 amide bonds. The minimum Gasteiger partial charge on any atom is -0.480 e. The van der Waals surface area contributed by atoms with Crippen molar-refractivity contribution in [2.75, 3.05) is 38.0 Å². The molecule has 0 bridgehead atoms. The molecule has 1 aliphatic heterocycles. The molecule has 1 aliphatic rings. The molecule has 2 N–H and O–H groups in total. The number of carboxylic acids is 1. The van der Waals surface area contributed by atoms with E-state index in [1.165, 1.54) is 0 Å². The number of benzene rings is 1. The van der Waals surface area contributed by atoms with Crippen LogP contribution >= 0.6 is 22.6 Å². The Bertz CT molecular complexity index is 524. The Hall–Kier alpha value is -1.35. The predicted molar refractivity (Wildman–Crippen MR) is 88.4 cm³/mol. The van der Waals surface area contributed by atoms with Gasteiger partial charge in [0, 0.05) is 29.7 Å². The molecule has 21 heavy (non-hydrogen) atoms. The Morgan fingerprint density at radius 1 is 1.19 bits per heavy atom. The average Bonchev–Trinajstić information content (AvgIpc) is 2.66. The van der Waals surface area contributed by atoms with Crippen LogP contribution in [0.4, 0.5) is 10.5 Å². The molecule has 114 valence electrons. The SMILES string of the molecule is O=C(O)CN1CCCN(C(=O)Nc2ccccc2I)CC1. The molecular formula is C14H18IN3O3. The van der Waals surface area contributed by atoms with Gasteiger partial charge in [0.1, 0.15) is 0 Å². The summed E-state index contributed by atoms with van der Waals surface area (Å²) >= 11 is 2.18. The molecule has 0 aromatic heterocycles. The molecule has 0 aliphatic carbocycles. The first-order chi connectivity index (χ1) is 10.1. The predicted octanol–water partition coefficient (Wildman–Crippen LogP) is 1.92. The molecule has 1 aromatic carbocycles. The van der Waals surface area contributed by atoms with Crippen LogP contribution in [-0.4, -0.2) is 59.6 Å².